The van der Waals surface area contributed by atoms with Crippen LogP contribution >= 0.6 is 11.6 Å². The van der Waals surface area contributed by atoms with Crippen LogP contribution in [0, 0.1) is 28.8 Å². The number of benzene rings is 2. The Labute approximate surface area is 123 Å². The summed E-state index contributed by atoms with van der Waals surface area (Å²) in [5.41, 5.74) is -0.585. The quantitative estimate of drug-likeness (QED) is 0.795. The molecule has 0 amide bonds. The second-order valence-electron chi connectivity index (χ2n) is 4.23. The van der Waals surface area contributed by atoms with Gasteiger partial charge in [0.15, 0.2) is 5.78 Å². The minimum Gasteiger partial charge on any atom is -0.292 e. The van der Waals surface area contributed by atoms with E-state index in [0.29, 0.717) is 6.07 Å². The summed E-state index contributed by atoms with van der Waals surface area (Å²) in [5.74, 6) is -5.26. The number of nitrogens with zero attached hydrogens (tertiary/aromatic N) is 1. The number of ketones is 1. The summed E-state index contributed by atoms with van der Waals surface area (Å²) >= 11 is 5.60. The van der Waals surface area contributed by atoms with Crippen LogP contribution in [0.15, 0.2) is 36.4 Å². The molecule has 2 aromatic carbocycles. The van der Waals surface area contributed by atoms with Crippen molar-refractivity contribution >= 4 is 17.4 Å². The van der Waals surface area contributed by atoms with Crippen LogP contribution in [0.3, 0.4) is 0 Å². The molecule has 0 heterocycles. The average molecular weight is 310 g/mol. The van der Waals surface area contributed by atoms with E-state index in [1.165, 1.54) is 18.2 Å². The highest BCUT2D eigenvalue weighted by atomic mass is 35.5. The van der Waals surface area contributed by atoms with Gasteiger partial charge >= 0.3 is 0 Å². The molecule has 0 aliphatic heterocycles. The van der Waals surface area contributed by atoms with Gasteiger partial charge in [-0.2, -0.15) is 5.26 Å². The maximum absolute atomic E-state index is 13.9. The Bertz CT molecular complexity index is 735. The summed E-state index contributed by atoms with van der Waals surface area (Å²) in [5, 5.41) is 8.85. The third-order valence-corrected chi connectivity index (χ3v) is 3.12. The van der Waals surface area contributed by atoms with E-state index in [4.69, 9.17) is 16.9 Å². The van der Waals surface area contributed by atoms with E-state index in [-0.39, 0.29) is 16.1 Å². The molecule has 0 spiro atoms. The van der Waals surface area contributed by atoms with Crippen LogP contribution in [0.1, 0.15) is 21.8 Å². The lowest BCUT2D eigenvalue weighted by Gasteiger charge is -2.10. The minimum absolute atomic E-state index is 0.236. The van der Waals surface area contributed by atoms with E-state index in [2.05, 4.69) is 0 Å². The Morgan fingerprint density at radius 1 is 1.14 bits per heavy atom. The predicted molar refractivity (Wildman–Crippen MR) is 70.5 cm³/mol. The van der Waals surface area contributed by atoms with Gasteiger partial charge in [-0.15, -0.1) is 0 Å². The Balaban J connectivity index is 2.49. The van der Waals surface area contributed by atoms with Crippen molar-refractivity contribution in [3.8, 4) is 6.07 Å². The predicted octanol–water partition coefficient (Wildman–Crippen LogP) is 4.25. The maximum atomic E-state index is 13.9. The lowest BCUT2D eigenvalue weighted by atomic mass is 9.91. The van der Waals surface area contributed by atoms with Gasteiger partial charge in [0.25, 0.3) is 0 Å². The molecular weight excluding hydrogens is 303 g/mol. The summed E-state index contributed by atoms with van der Waals surface area (Å²) in [6.07, 6.45) is 0. The van der Waals surface area contributed by atoms with Gasteiger partial charge in [-0.25, -0.2) is 13.2 Å². The normalized spacial score (nSPS) is 11.8. The first-order valence-electron chi connectivity index (χ1n) is 5.78. The largest absolute Gasteiger partial charge is 0.292 e. The molecule has 2 aromatic rings. The van der Waals surface area contributed by atoms with Crippen LogP contribution < -0.4 is 0 Å². The topological polar surface area (TPSA) is 40.9 Å². The summed E-state index contributed by atoms with van der Waals surface area (Å²) in [7, 11) is 0. The number of carbonyl (C=O) groups excluding carboxylic acids is 1. The van der Waals surface area contributed by atoms with Crippen LogP contribution in [-0.2, 0) is 0 Å². The average Bonchev–Trinajstić information content (AvgIpc) is 2.43. The molecule has 0 aliphatic rings. The first-order chi connectivity index (χ1) is 9.93. The maximum Gasteiger partial charge on any atom is 0.184 e. The summed E-state index contributed by atoms with van der Waals surface area (Å²) in [6, 6.07) is 7.68. The van der Waals surface area contributed by atoms with Gasteiger partial charge in [-0.3, -0.25) is 4.79 Å². The molecule has 1 unspecified atom stereocenters. The van der Waals surface area contributed by atoms with Gasteiger partial charge in [0.05, 0.1) is 11.1 Å². The van der Waals surface area contributed by atoms with Gasteiger partial charge in [0.2, 0.25) is 0 Å². The van der Waals surface area contributed by atoms with Gasteiger partial charge in [-0.05, 0) is 18.2 Å². The minimum atomic E-state index is -1.54. The lowest BCUT2D eigenvalue weighted by molar-refractivity contribution is 0.0976. The second kappa shape index (κ2) is 5.98. The molecule has 0 radical (unpaired) electrons. The zero-order valence-electron chi connectivity index (χ0n) is 10.4. The fraction of sp³-hybridized carbons (Fsp3) is 0.0667. The molecule has 2 rings (SSSR count). The third kappa shape index (κ3) is 3.06. The molecule has 2 nitrogen and oxygen atoms in total. The third-order valence-electron chi connectivity index (χ3n) is 2.83. The van der Waals surface area contributed by atoms with Crippen molar-refractivity contribution in [3.05, 3.63) is 70.0 Å². The molecule has 0 fully saturated rings. The van der Waals surface area contributed by atoms with Gasteiger partial charge in [-0.1, -0.05) is 23.7 Å². The second-order valence-corrected chi connectivity index (χ2v) is 4.63. The van der Waals surface area contributed by atoms with Crippen LogP contribution in [0.25, 0.3) is 0 Å². The first kappa shape index (κ1) is 15.1. The molecule has 1 atom stereocenters. The highest BCUT2D eigenvalue weighted by molar-refractivity contribution is 6.30. The number of halogens is 4. The van der Waals surface area contributed by atoms with E-state index in [1.807, 2.05) is 0 Å². The van der Waals surface area contributed by atoms with Crippen molar-refractivity contribution in [1.82, 2.24) is 0 Å². The van der Waals surface area contributed by atoms with Gasteiger partial charge in [0, 0.05) is 17.2 Å². The highest BCUT2D eigenvalue weighted by Crippen LogP contribution is 2.27. The molecule has 0 aliphatic carbocycles. The Morgan fingerprint density at radius 2 is 1.76 bits per heavy atom. The first-order valence-corrected chi connectivity index (χ1v) is 6.15. The molecule has 6 heteroatoms. The van der Waals surface area contributed by atoms with Crippen molar-refractivity contribution < 1.29 is 18.0 Å². The fourth-order valence-electron chi connectivity index (χ4n) is 1.88. The van der Waals surface area contributed by atoms with Crippen molar-refractivity contribution in [3.63, 3.8) is 0 Å². The van der Waals surface area contributed by atoms with E-state index in [1.54, 1.807) is 6.07 Å². The van der Waals surface area contributed by atoms with Crippen LogP contribution in [0.4, 0.5) is 13.2 Å². The van der Waals surface area contributed by atoms with Gasteiger partial charge < -0.3 is 0 Å². The Kier molecular flexibility index (Phi) is 4.29. The standard InChI is InChI=1S/C15H7ClF3NO/c16-13-3-1-2-11(14(13)19)12(7-20)15(21)8-4-9(17)6-10(18)5-8/h1-6,12H. The molecule has 106 valence electrons. The number of carbonyl (C=O) groups is 1. The van der Waals surface area contributed by atoms with E-state index >= 15 is 0 Å². The molecule has 0 saturated carbocycles. The van der Waals surface area contributed by atoms with Crippen LogP contribution in [0.2, 0.25) is 5.02 Å². The number of rotatable bonds is 3. The lowest BCUT2D eigenvalue weighted by Crippen LogP contribution is -2.13. The molecular formula is C15H7ClF3NO. The molecule has 21 heavy (non-hydrogen) atoms. The van der Waals surface area contributed by atoms with E-state index < -0.39 is 29.2 Å². The van der Waals surface area contributed by atoms with Gasteiger partial charge in [0.1, 0.15) is 23.4 Å². The summed E-state index contributed by atoms with van der Waals surface area (Å²) < 4.78 is 40.2. The highest BCUT2D eigenvalue weighted by Gasteiger charge is 2.26. The zero-order chi connectivity index (χ0) is 15.6. The van der Waals surface area contributed by atoms with Crippen molar-refractivity contribution in [2.45, 2.75) is 5.92 Å². The number of Topliss-reactive ketones (excluding diaryl/α,β-unsaturated/α-hetero) is 1. The molecule has 0 aromatic heterocycles. The summed E-state index contributed by atoms with van der Waals surface area (Å²) in [4.78, 5) is 12.2. The zero-order valence-corrected chi connectivity index (χ0v) is 11.2. The fourth-order valence-corrected chi connectivity index (χ4v) is 2.06. The Morgan fingerprint density at radius 3 is 2.33 bits per heavy atom. The van der Waals surface area contributed by atoms with Crippen molar-refractivity contribution in [2.24, 2.45) is 0 Å². The van der Waals surface area contributed by atoms with E-state index in [9.17, 15) is 18.0 Å². The molecule has 0 bridgehead atoms. The van der Waals surface area contributed by atoms with Crippen LogP contribution in [-0.4, -0.2) is 5.78 Å². The van der Waals surface area contributed by atoms with Crippen molar-refractivity contribution in [2.75, 3.05) is 0 Å². The monoisotopic (exact) mass is 309 g/mol. The number of nitriles is 1. The Hall–Kier alpha value is -2.32. The summed E-state index contributed by atoms with van der Waals surface area (Å²) in [6.45, 7) is 0. The van der Waals surface area contributed by atoms with E-state index in [0.717, 1.165) is 12.1 Å². The smallest absolute Gasteiger partial charge is 0.184 e. The number of hydrogen-bond donors (Lipinski definition) is 0. The van der Waals surface area contributed by atoms with Crippen LogP contribution in [0.5, 0.6) is 0 Å². The number of hydrogen-bond acceptors (Lipinski definition) is 2. The molecule has 0 saturated heterocycles. The molecule has 0 N–H and O–H groups in total. The SMILES string of the molecule is N#CC(C(=O)c1cc(F)cc(F)c1)c1cccc(Cl)c1F. The van der Waals surface area contributed by atoms with Crippen molar-refractivity contribution in [1.29, 1.82) is 5.26 Å².